The van der Waals surface area contributed by atoms with Gasteiger partial charge in [0.1, 0.15) is 16.8 Å². The molecule has 0 unspecified atom stereocenters. The van der Waals surface area contributed by atoms with Crippen LogP contribution in [-0.4, -0.2) is 46.7 Å². The maximum absolute atomic E-state index is 15.1. The van der Waals surface area contributed by atoms with Gasteiger partial charge in [0.05, 0.1) is 11.1 Å². The normalized spacial score (nSPS) is 15.1. The number of nitrogens with zero attached hydrogens (tertiary/aromatic N) is 2. The molecule has 2 aliphatic rings. The van der Waals surface area contributed by atoms with Crippen LogP contribution in [0.25, 0.3) is 16.6 Å². The average molecular weight is 409 g/mol. The fourth-order valence-corrected chi connectivity index (χ4v) is 4.23. The topological polar surface area (TPSA) is 83.8 Å². The first-order chi connectivity index (χ1) is 14.5. The number of ether oxygens (including phenoxy) is 1. The molecule has 0 radical (unpaired) electrons. The average Bonchev–Trinajstić information content (AvgIpc) is 3.25. The van der Waals surface area contributed by atoms with Crippen molar-refractivity contribution in [3.63, 3.8) is 0 Å². The molecular weight excluding hydrogens is 389 g/mol. The molecule has 1 saturated heterocycles. The van der Waals surface area contributed by atoms with Crippen molar-refractivity contribution in [1.29, 1.82) is 0 Å². The molecule has 2 N–H and O–H groups in total. The maximum Gasteiger partial charge on any atom is 0.341 e. The van der Waals surface area contributed by atoms with E-state index in [1.165, 1.54) is 19.0 Å². The van der Waals surface area contributed by atoms with E-state index in [9.17, 15) is 14.7 Å². The fourth-order valence-electron chi connectivity index (χ4n) is 4.23. The molecule has 3 aromatic rings. The Kier molecular flexibility index (Phi) is 4.43. The van der Waals surface area contributed by atoms with Crippen LogP contribution in [0.5, 0.6) is 11.5 Å². The third kappa shape index (κ3) is 2.91. The quantitative estimate of drug-likeness (QED) is 0.525. The Bertz CT molecular complexity index is 1230. The molecule has 0 amide bonds. The third-order valence-corrected chi connectivity index (χ3v) is 5.69. The molecule has 1 aromatic heterocycles. The highest BCUT2D eigenvalue weighted by molar-refractivity contribution is 5.98. The third-order valence-electron chi connectivity index (χ3n) is 5.69. The summed E-state index contributed by atoms with van der Waals surface area (Å²) in [6.07, 6.45) is 3.63. The van der Waals surface area contributed by atoms with Crippen LogP contribution >= 0.6 is 0 Å². The summed E-state index contributed by atoms with van der Waals surface area (Å²) in [5, 5.41) is 12.6. The lowest BCUT2D eigenvalue weighted by atomic mass is 10.1. The van der Waals surface area contributed by atoms with Gasteiger partial charge in [0, 0.05) is 19.3 Å². The van der Waals surface area contributed by atoms with E-state index in [1.807, 2.05) is 0 Å². The number of benzene rings is 2. The highest BCUT2D eigenvalue weighted by Crippen LogP contribution is 2.44. The number of aromatic nitrogens is 1. The number of carbonyl (C=O) groups is 1. The number of aromatic carboxylic acids is 1. The number of para-hydroxylation sites is 2. The zero-order chi connectivity index (χ0) is 20.8. The van der Waals surface area contributed by atoms with Crippen molar-refractivity contribution in [2.24, 2.45) is 0 Å². The van der Waals surface area contributed by atoms with E-state index in [4.69, 9.17) is 4.74 Å². The van der Waals surface area contributed by atoms with E-state index in [0.29, 0.717) is 23.5 Å². The molecule has 30 heavy (non-hydrogen) atoms. The number of fused-ring (bicyclic) bond motifs is 2. The van der Waals surface area contributed by atoms with Crippen LogP contribution in [0.1, 0.15) is 23.2 Å². The van der Waals surface area contributed by atoms with Crippen LogP contribution < -0.4 is 15.5 Å². The van der Waals surface area contributed by atoms with Crippen molar-refractivity contribution < 1.29 is 19.0 Å². The molecule has 0 atom stereocenters. The summed E-state index contributed by atoms with van der Waals surface area (Å²) in [4.78, 5) is 26.7. The monoisotopic (exact) mass is 409 g/mol. The predicted molar refractivity (Wildman–Crippen MR) is 111 cm³/mol. The van der Waals surface area contributed by atoms with E-state index in [0.717, 1.165) is 25.7 Å². The largest absolute Gasteiger partial charge is 0.477 e. The van der Waals surface area contributed by atoms with E-state index in [2.05, 4.69) is 10.2 Å². The number of nitrogens with one attached hydrogen (secondary N) is 1. The molecule has 5 rings (SSSR count). The lowest BCUT2D eigenvalue weighted by Crippen LogP contribution is -2.26. The summed E-state index contributed by atoms with van der Waals surface area (Å²) in [5.41, 5.74) is -0.0342. The van der Waals surface area contributed by atoms with Gasteiger partial charge in [-0.25, -0.2) is 9.18 Å². The fraction of sp³-hybridized carbons (Fsp3) is 0.273. The van der Waals surface area contributed by atoms with Gasteiger partial charge in [0.15, 0.2) is 17.3 Å². The molecule has 8 heteroatoms. The van der Waals surface area contributed by atoms with Gasteiger partial charge in [0.2, 0.25) is 5.43 Å². The first kappa shape index (κ1) is 18.6. The zero-order valence-electron chi connectivity index (χ0n) is 16.2. The molecule has 0 aliphatic carbocycles. The molecule has 0 spiro atoms. The Labute approximate surface area is 171 Å². The van der Waals surface area contributed by atoms with E-state index < -0.39 is 22.8 Å². The first-order valence-corrected chi connectivity index (χ1v) is 9.93. The summed E-state index contributed by atoms with van der Waals surface area (Å²) < 4.78 is 22.7. The number of rotatable bonds is 5. The van der Waals surface area contributed by atoms with Crippen LogP contribution in [0, 0.1) is 5.82 Å². The number of hydrogen-bond acceptors (Lipinski definition) is 5. The van der Waals surface area contributed by atoms with Crippen LogP contribution in [-0.2, 0) is 0 Å². The minimum atomic E-state index is -1.36. The number of likely N-dealkylation sites (tertiary alicyclic amines) is 1. The standard InChI is InChI=1S/C22H20FN3O4/c23-15-11-13-19-21(18(15)24-7-10-25-8-3-4-9-25)30-17-6-2-1-5-16(17)26(19)12-14(20(13)27)22(28)29/h1-2,5-6,11-12,24H,3-4,7-10H2,(H,28,29). The number of hydrogen-bond donors (Lipinski definition) is 2. The summed E-state index contributed by atoms with van der Waals surface area (Å²) in [7, 11) is 0. The lowest BCUT2D eigenvalue weighted by molar-refractivity contribution is 0.0695. The highest BCUT2D eigenvalue weighted by atomic mass is 19.1. The number of pyridine rings is 1. The van der Waals surface area contributed by atoms with Crippen molar-refractivity contribution >= 4 is 22.6 Å². The molecule has 1 fully saturated rings. The molecule has 3 heterocycles. The van der Waals surface area contributed by atoms with Crippen LogP contribution in [0.2, 0.25) is 0 Å². The molecular formula is C22H20FN3O4. The zero-order valence-corrected chi connectivity index (χ0v) is 16.2. The van der Waals surface area contributed by atoms with Gasteiger partial charge in [-0.15, -0.1) is 0 Å². The van der Waals surface area contributed by atoms with Crippen molar-refractivity contribution in [3.8, 4) is 17.2 Å². The lowest BCUT2D eigenvalue weighted by Gasteiger charge is -2.26. The Morgan fingerprint density at radius 2 is 2.00 bits per heavy atom. The number of halogens is 1. The van der Waals surface area contributed by atoms with Gasteiger partial charge in [0.25, 0.3) is 0 Å². The van der Waals surface area contributed by atoms with Crippen LogP contribution in [0.4, 0.5) is 10.1 Å². The summed E-state index contributed by atoms with van der Waals surface area (Å²) in [5.74, 6) is -1.35. The molecule has 0 saturated carbocycles. The van der Waals surface area contributed by atoms with Gasteiger partial charge in [-0.3, -0.25) is 4.79 Å². The van der Waals surface area contributed by atoms with Gasteiger partial charge >= 0.3 is 5.97 Å². The van der Waals surface area contributed by atoms with Gasteiger partial charge in [-0.1, -0.05) is 12.1 Å². The van der Waals surface area contributed by atoms with Crippen LogP contribution in [0.15, 0.2) is 41.3 Å². The second-order valence-electron chi connectivity index (χ2n) is 7.55. The second kappa shape index (κ2) is 7.14. The number of carboxylic acids is 1. The van der Waals surface area contributed by atoms with Crippen molar-refractivity contribution in [3.05, 3.63) is 58.1 Å². The number of anilines is 1. The van der Waals surface area contributed by atoms with Gasteiger partial charge in [-0.2, -0.15) is 0 Å². The smallest absolute Gasteiger partial charge is 0.341 e. The summed E-state index contributed by atoms with van der Waals surface area (Å²) in [6.45, 7) is 3.38. The minimum absolute atomic E-state index is 0.0259. The van der Waals surface area contributed by atoms with E-state index in [-0.39, 0.29) is 16.8 Å². The van der Waals surface area contributed by atoms with Crippen molar-refractivity contribution in [2.75, 3.05) is 31.5 Å². The number of carboxylic acid groups (broad SMARTS) is 1. The van der Waals surface area contributed by atoms with Gasteiger partial charge in [-0.05, 0) is 44.1 Å². The molecule has 0 bridgehead atoms. The second-order valence-corrected chi connectivity index (χ2v) is 7.55. The Morgan fingerprint density at radius 1 is 1.23 bits per heavy atom. The SMILES string of the molecule is O=C(O)c1cn2c3c(c(NCCN4CCCC4)c(F)cc3c1=O)Oc1ccccc1-2. The molecule has 2 aliphatic heterocycles. The molecule has 2 aromatic carbocycles. The van der Waals surface area contributed by atoms with Gasteiger partial charge < -0.3 is 24.6 Å². The predicted octanol–water partition coefficient (Wildman–Crippen LogP) is 3.44. The summed E-state index contributed by atoms with van der Waals surface area (Å²) >= 11 is 0. The Balaban J connectivity index is 1.67. The first-order valence-electron chi connectivity index (χ1n) is 9.93. The molecule has 154 valence electrons. The van der Waals surface area contributed by atoms with E-state index >= 15 is 4.39 Å². The maximum atomic E-state index is 15.1. The highest BCUT2D eigenvalue weighted by Gasteiger charge is 2.28. The van der Waals surface area contributed by atoms with Crippen molar-refractivity contribution in [1.82, 2.24) is 9.47 Å². The molecule has 7 nitrogen and oxygen atoms in total. The summed E-state index contributed by atoms with van der Waals surface area (Å²) in [6, 6.07) is 8.15. The van der Waals surface area contributed by atoms with Crippen LogP contribution in [0.3, 0.4) is 0 Å². The minimum Gasteiger partial charge on any atom is -0.477 e. The van der Waals surface area contributed by atoms with E-state index in [1.54, 1.807) is 28.8 Å². The van der Waals surface area contributed by atoms with Crippen molar-refractivity contribution in [2.45, 2.75) is 12.8 Å². The Morgan fingerprint density at radius 3 is 2.77 bits per heavy atom. The Hall–Kier alpha value is -3.39.